The van der Waals surface area contributed by atoms with Gasteiger partial charge in [0.2, 0.25) is 0 Å². The van der Waals surface area contributed by atoms with Crippen LogP contribution in [0, 0.1) is 0 Å². The quantitative estimate of drug-likeness (QED) is 0.186. The Kier molecular flexibility index (Phi) is 5.17. The second-order valence-electron chi connectivity index (χ2n) is 12.0. The van der Waals surface area contributed by atoms with Crippen LogP contribution in [0.1, 0.15) is 8.22 Å². The molecule has 3 heterocycles. The molecular weight excluding hydrogens is 615 g/mol. The minimum Gasteiger partial charge on any atom is -0.456 e. The van der Waals surface area contributed by atoms with Crippen LogP contribution in [0.25, 0.3) is 100 Å². The summed E-state index contributed by atoms with van der Waals surface area (Å²) in [7, 11) is 0. The Hall–Kier alpha value is -6.85. The number of hydrogen-bond acceptors (Lipinski definition) is 5. The monoisotopic (exact) mass is 647 g/mol. The highest BCUT2D eigenvalue weighted by Crippen LogP contribution is 2.37. The summed E-state index contributed by atoms with van der Waals surface area (Å²) in [5, 5.41) is 2.48. The lowest BCUT2D eigenvalue weighted by Gasteiger charge is -2.10. The van der Waals surface area contributed by atoms with E-state index < -0.39 is 12.1 Å². The van der Waals surface area contributed by atoms with Crippen LogP contribution >= 0.6 is 0 Å². The highest BCUT2D eigenvalue weighted by molar-refractivity contribution is 6.09. The van der Waals surface area contributed by atoms with Gasteiger partial charge in [0.15, 0.2) is 17.5 Å². The van der Waals surface area contributed by atoms with Crippen molar-refractivity contribution in [3.05, 3.63) is 164 Å². The zero-order chi connectivity index (χ0) is 38.2. The van der Waals surface area contributed by atoms with Crippen LogP contribution in [0.3, 0.4) is 0 Å². The van der Waals surface area contributed by atoms with E-state index in [2.05, 4.69) is 12.1 Å². The van der Waals surface area contributed by atoms with Crippen LogP contribution in [-0.4, -0.2) is 15.0 Å². The molecule has 0 atom stereocenters. The van der Waals surface area contributed by atoms with Gasteiger partial charge in [-0.2, -0.15) is 0 Å². The van der Waals surface area contributed by atoms with Gasteiger partial charge in [0.25, 0.3) is 0 Å². The van der Waals surface area contributed by atoms with Crippen molar-refractivity contribution in [2.75, 3.05) is 0 Å². The number of nitrogens with zero attached hydrogens (tertiary/aromatic N) is 3. The molecule has 0 amide bonds. The summed E-state index contributed by atoms with van der Waals surface area (Å²) in [6.07, 6.45) is 0. The van der Waals surface area contributed by atoms with Gasteiger partial charge in [-0.1, -0.05) is 133 Å². The van der Waals surface area contributed by atoms with Gasteiger partial charge >= 0.3 is 0 Å². The Morgan fingerprint density at radius 3 is 1.76 bits per heavy atom. The molecule has 5 heteroatoms. The predicted molar refractivity (Wildman–Crippen MR) is 202 cm³/mol. The number of fused-ring (bicyclic) bond motifs is 6. The first-order chi connectivity index (χ1) is 27.2. The second-order valence-corrected chi connectivity index (χ2v) is 12.0. The normalized spacial score (nSPS) is 13.3. The van der Waals surface area contributed by atoms with Crippen LogP contribution in [0.5, 0.6) is 0 Å². The first kappa shape index (κ1) is 22.7. The SMILES string of the molecule is [2H]c1c(-c2ccc(-c3nc(-c4ccc(-c5ccccc5)cc4)nc(-c4cccc5c4oc4ccccc45)n3)cc2)cc2c(oc3c([2H])c([2H])c([2H])c([2H])c32)c1[2H]. The van der Waals surface area contributed by atoms with Crippen molar-refractivity contribution in [1.29, 1.82) is 0 Å². The Morgan fingerprint density at radius 1 is 0.380 bits per heavy atom. The largest absolute Gasteiger partial charge is 0.456 e. The molecule has 0 bridgehead atoms. The highest BCUT2D eigenvalue weighted by atomic mass is 16.3. The maximum Gasteiger partial charge on any atom is 0.167 e. The molecule has 0 fully saturated rings. The molecule has 50 heavy (non-hydrogen) atoms. The Balaban J connectivity index is 1.11. The zero-order valence-electron chi connectivity index (χ0n) is 32.3. The van der Waals surface area contributed by atoms with Crippen molar-refractivity contribution < 1.29 is 17.1 Å². The fourth-order valence-electron chi connectivity index (χ4n) is 6.45. The summed E-state index contributed by atoms with van der Waals surface area (Å²) in [6, 6.07) is 39.4. The van der Waals surface area contributed by atoms with E-state index in [1.165, 1.54) is 0 Å². The lowest BCUT2D eigenvalue weighted by atomic mass is 10.0. The molecule has 5 nitrogen and oxygen atoms in total. The maximum atomic E-state index is 8.86. The number of benzene rings is 7. The lowest BCUT2D eigenvalue weighted by Crippen LogP contribution is -2.00. The molecule has 0 unspecified atom stereocenters. The third-order valence-electron chi connectivity index (χ3n) is 8.96. The summed E-state index contributed by atoms with van der Waals surface area (Å²) in [5.41, 5.74) is 6.88. The third kappa shape index (κ3) is 4.75. The molecule has 0 saturated carbocycles. The predicted octanol–water partition coefficient (Wildman–Crippen LogP) is 12.0. The summed E-state index contributed by atoms with van der Waals surface area (Å²) in [6.45, 7) is 0. The maximum absolute atomic E-state index is 8.86. The van der Waals surface area contributed by atoms with Gasteiger partial charge in [-0.3, -0.25) is 0 Å². The van der Waals surface area contributed by atoms with Crippen molar-refractivity contribution in [2.45, 2.75) is 0 Å². The van der Waals surface area contributed by atoms with E-state index in [0.29, 0.717) is 45.1 Å². The molecular formula is C45H27N3O2. The summed E-state index contributed by atoms with van der Waals surface area (Å²) >= 11 is 0. The van der Waals surface area contributed by atoms with E-state index in [4.69, 9.17) is 32.0 Å². The summed E-state index contributed by atoms with van der Waals surface area (Å²) in [5.74, 6) is 1.35. The van der Waals surface area contributed by atoms with Crippen LogP contribution in [0.2, 0.25) is 0 Å². The fraction of sp³-hybridized carbons (Fsp3) is 0. The average molecular weight is 648 g/mol. The number of para-hydroxylation sites is 3. The first-order valence-electron chi connectivity index (χ1n) is 19.1. The van der Waals surface area contributed by atoms with Gasteiger partial charge in [0, 0.05) is 32.7 Å². The molecule has 0 aliphatic rings. The Labute approximate surface area is 295 Å². The molecule has 3 aromatic heterocycles. The molecule has 234 valence electrons. The topological polar surface area (TPSA) is 65.0 Å². The molecule has 0 spiro atoms. The molecule has 0 saturated heterocycles. The van der Waals surface area contributed by atoms with Crippen molar-refractivity contribution in [1.82, 2.24) is 15.0 Å². The van der Waals surface area contributed by atoms with Crippen molar-refractivity contribution in [3.8, 4) is 56.4 Å². The standard InChI is InChI=1S/C45H27N3O2/c1-2-9-28(10-3-1)29-17-21-31(22-18-29)43-46-44(48-45(47-43)37-14-8-13-36-34-11-4-7-16-40(34)50-42(36)37)32-23-19-30(20-24-32)33-25-26-41-38(27-33)35-12-5-6-15-39(35)49-41/h1-27H/i5D,6D,12D,15D,25D,26D. The van der Waals surface area contributed by atoms with Gasteiger partial charge in [-0.15, -0.1) is 0 Å². The fourth-order valence-corrected chi connectivity index (χ4v) is 6.45. The van der Waals surface area contributed by atoms with Gasteiger partial charge in [-0.05, 0) is 52.5 Å². The molecule has 10 aromatic rings. The Morgan fingerprint density at radius 2 is 0.980 bits per heavy atom. The number of furan rings is 2. The number of aromatic nitrogens is 3. The zero-order valence-corrected chi connectivity index (χ0v) is 26.3. The minimum atomic E-state index is -0.418. The van der Waals surface area contributed by atoms with Crippen LogP contribution in [-0.2, 0) is 0 Å². The van der Waals surface area contributed by atoms with Crippen LogP contribution in [0.15, 0.2) is 172 Å². The lowest BCUT2D eigenvalue weighted by molar-refractivity contribution is 0.669. The molecule has 7 aromatic carbocycles. The third-order valence-corrected chi connectivity index (χ3v) is 8.96. The first-order valence-corrected chi connectivity index (χ1v) is 16.1. The molecule has 0 N–H and O–H groups in total. The van der Waals surface area contributed by atoms with Crippen LogP contribution < -0.4 is 0 Å². The van der Waals surface area contributed by atoms with Gasteiger partial charge in [0.05, 0.1) is 13.8 Å². The van der Waals surface area contributed by atoms with E-state index >= 15 is 0 Å². The van der Waals surface area contributed by atoms with E-state index in [1.54, 1.807) is 6.07 Å². The molecule has 0 aliphatic heterocycles. The Bertz CT molecular complexity index is 3200. The molecule has 0 radical (unpaired) electrons. The van der Waals surface area contributed by atoms with Crippen molar-refractivity contribution in [2.24, 2.45) is 0 Å². The average Bonchev–Trinajstić information content (AvgIpc) is 3.83. The number of hydrogen-bond donors (Lipinski definition) is 0. The number of rotatable bonds is 5. The van der Waals surface area contributed by atoms with Crippen LogP contribution in [0.4, 0.5) is 0 Å². The van der Waals surface area contributed by atoms with Crippen molar-refractivity contribution >= 4 is 43.9 Å². The second kappa shape index (κ2) is 11.4. The van der Waals surface area contributed by atoms with Gasteiger partial charge < -0.3 is 8.83 Å². The van der Waals surface area contributed by atoms with E-state index in [1.807, 2.05) is 109 Å². The highest BCUT2D eigenvalue weighted by Gasteiger charge is 2.18. The molecule has 10 rings (SSSR count). The van der Waals surface area contributed by atoms with Crippen molar-refractivity contribution in [3.63, 3.8) is 0 Å². The van der Waals surface area contributed by atoms with E-state index in [0.717, 1.165) is 38.6 Å². The van der Waals surface area contributed by atoms with Gasteiger partial charge in [-0.25, -0.2) is 15.0 Å². The van der Waals surface area contributed by atoms with E-state index in [-0.39, 0.29) is 40.7 Å². The minimum absolute atomic E-state index is 0.0406. The smallest absolute Gasteiger partial charge is 0.167 e. The summed E-state index contributed by atoms with van der Waals surface area (Å²) < 4.78 is 63.0. The summed E-state index contributed by atoms with van der Waals surface area (Å²) in [4.78, 5) is 14.9. The van der Waals surface area contributed by atoms with Gasteiger partial charge in [0.1, 0.15) is 22.3 Å². The molecule has 0 aliphatic carbocycles. The van der Waals surface area contributed by atoms with E-state index in [9.17, 15) is 0 Å².